The monoisotopic (exact) mass is 495 g/mol. The molecule has 0 saturated carbocycles. The van der Waals surface area contributed by atoms with Crippen LogP contribution in [0.1, 0.15) is 50.7 Å². The lowest BCUT2D eigenvalue weighted by Gasteiger charge is -2.39. The Labute approximate surface area is 210 Å². The number of nitrogens with one attached hydrogen (secondary N) is 1. The van der Waals surface area contributed by atoms with Crippen LogP contribution in [0.25, 0.3) is 0 Å². The Morgan fingerprint density at radius 2 is 1.86 bits per heavy atom. The number of benzene rings is 2. The van der Waals surface area contributed by atoms with E-state index in [2.05, 4.69) is 19.2 Å². The molecule has 0 saturated heterocycles. The second-order valence-electron chi connectivity index (χ2n) is 9.71. The van der Waals surface area contributed by atoms with Crippen LogP contribution in [0.2, 0.25) is 5.02 Å². The fourth-order valence-electron chi connectivity index (χ4n) is 4.96. The molecule has 35 heavy (non-hydrogen) atoms. The van der Waals surface area contributed by atoms with Crippen molar-refractivity contribution in [3.8, 4) is 11.5 Å². The molecule has 1 aliphatic heterocycles. The summed E-state index contributed by atoms with van der Waals surface area (Å²) in [5.41, 5.74) is 4.02. The minimum Gasteiger partial charge on any atom is -0.496 e. The van der Waals surface area contributed by atoms with Gasteiger partial charge in [-0.3, -0.25) is 4.79 Å². The van der Waals surface area contributed by atoms with Gasteiger partial charge in [-0.1, -0.05) is 43.6 Å². The average Bonchev–Trinajstić information content (AvgIpc) is 2.81. The zero-order valence-corrected chi connectivity index (χ0v) is 21.4. The number of Topliss-reactive ketones (excluding diaryl/α,β-unsaturated/α-hetero) is 1. The highest BCUT2D eigenvalue weighted by atomic mass is 35.5. The van der Waals surface area contributed by atoms with Crippen LogP contribution in [-0.2, 0) is 20.9 Å². The SMILES string of the molecule is COC(=O)C1=C(C)NC2=C(C(=O)CC(C)(C)C2)C1c1ccc(OC)c(COc2ccccc2Cl)c1. The first kappa shape index (κ1) is 24.9. The van der Waals surface area contributed by atoms with Gasteiger partial charge in [-0.25, -0.2) is 4.79 Å². The van der Waals surface area contributed by atoms with E-state index in [0.717, 1.165) is 23.2 Å². The van der Waals surface area contributed by atoms with Gasteiger partial charge in [-0.15, -0.1) is 0 Å². The van der Waals surface area contributed by atoms with E-state index < -0.39 is 11.9 Å². The predicted octanol–water partition coefficient (Wildman–Crippen LogP) is 5.70. The molecule has 0 amide bonds. The number of hydrogen-bond acceptors (Lipinski definition) is 6. The predicted molar refractivity (Wildman–Crippen MR) is 134 cm³/mol. The first-order chi connectivity index (χ1) is 16.6. The van der Waals surface area contributed by atoms with E-state index in [4.69, 9.17) is 25.8 Å². The summed E-state index contributed by atoms with van der Waals surface area (Å²) in [6.07, 6.45) is 1.13. The lowest BCUT2D eigenvalue weighted by molar-refractivity contribution is -0.136. The van der Waals surface area contributed by atoms with Crippen molar-refractivity contribution in [3.63, 3.8) is 0 Å². The van der Waals surface area contributed by atoms with Crippen LogP contribution < -0.4 is 14.8 Å². The van der Waals surface area contributed by atoms with Crippen molar-refractivity contribution in [2.75, 3.05) is 14.2 Å². The zero-order chi connectivity index (χ0) is 25.3. The maximum atomic E-state index is 13.4. The summed E-state index contributed by atoms with van der Waals surface area (Å²) >= 11 is 6.25. The van der Waals surface area contributed by atoms with E-state index in [-0.39, 0.29) is 17.8 Å². The number of ketones is 1. The van der Waals surface area contributed by atoms with Gasteiger partial charge < -0.3 is 19.5 Å². The lowest BCUT2D eigenvalue weighted by atomic mass is 9.68. The molecule has 1 heterocycles. The Kier molecular flexibility index (Phi) is 6.95. The highest BCUT2D eigenvalue weighted by molar-refractivity contribution is 6.32. The molecule has 7 heteroatoms. The molecule has 1 N–H and O–H groups in total. The second-order valence-corrected chi connectivity index (χ2v) is 10.1. The molecule has 2 aromatic carbocycles. The minimum atomic E-state index is -0.549. The van der Waals surface area contributed by atoms with Crippen LogP contribution in [0.15, 0.2) is 65.0 Å². The quantitative estimate of drug-likeness (QED) is 0.518. The third kappa shape index (κ3) is 4.94. The van der Waals surface area contributed by atoms with Crippen LogP contribution in [-0.4, -0.2) is 26.0 Å². The highest BCUT2D eigenvalue weighted by Crippen LogP contribution is 2.47. The van der Waals surface area contributed by atoms with Gasteiger partial charge in [0, 0.05) is 34.9 Å². The van der Waals surface area contributed by atoms with E-state index in [1.165, 1.54) is 7.11 Å². The number of carbonyl (C=O) groups excluding carboxylic acids is 2. The second kappa shape index (κ2) is 9.78. The van der Waals surface area contributed by atoms with Crippen molar-refractivity contribution in [3.05, 3.63) is 81.2 Å². The number of dihydropyridines is 1. The first-order valence-electron chi connectivity index (χ1n) is 11.5. The number of para-hydroxylation sites is 1. The highest BCUT2D eigenvalue weighted by Gasteiger charge is 2.43. The molecule has 1 atom stereocenters. The molecule has 4 rings (SSSR count). The Morgan fingerprint density at radius 1 is 1.11 bits per heavy atom. The maximum Gasteiger partial charge on any atom is 0.336 e. The number of esters is 1. The third-order valence-corrected chi connectivity index (χ3v) is 6.81. The molecule has 6 nitrogen and oxygen atoms in total. The van der Waals surface area contributed by atoms with Gasteiger partial charge in [-0.05, 0) is 48.6 Å². The first-order valence-corrected chi connectivity index (χ1v) is 11.9. The van der Waals surface area contributed by atoms with Crippen LogP contribution in [0.4, 0.5) is 0 Å². The molecule has 0 aromatic heterocycles. The standard InChI is InChI=1S/C28H30ClNO5/c1-16-24(27(32)34-5)25(26-20(30-16)13-28(2,3)14-21(26)31)17-10-11-22(33-4)18(12-17)15-35-23-9-7-6-8-19(23)29/h6-12,25,30H,13-15H2,1-5H3. The number of allylic oxidation sites excluding steroid dienone is 3. The summed E-state index contributed by atoms with van der Waals surface area (Å²) in [5, 5.41) is 3.84. The smallest absolute Gasteiger partial charge is 0.336 e. The van der Waals surface area contributed by atoms with Crippen molar-refractivity contribution >= 4 is 23.4 Å². The van der Waals surface area contributed by atoms with Gasteiger partial charge in [0.25, 0.3) is 0 Å². The van der Waals surface area contributed by atoms with Crippen LogP contribution >= 0.6 is 11.6 Å². The van der Waals surface area contributed by atoms with E-state index in [1.807, 2.05) is 37.3 Å². The van der Waals surface area contributed by atoms with Gasteiger partial charge in [0.15, 0.2) is 5.78 Å². The molecule has 0 spiro atoms. The minimum absolute atomic E-state index is 0.0346. The number of carbonyl (C=O) groups is 2. The Hall–Kier alpha value is -3.25. The van der Waals surface area contributed by atoms with Crippen molar-refractivity contribution < 1.29 is 23.8 Å². The van der Waals surface area contributed by atoms with E-state index in [0.29, 0.717) is 39.8 Å². The van der Waals surface area contributed by atoms with Crippen LogP contribution in [0.3, 0.4) is 0 Å². The molecular formula is C28H30ClNO5. The number of methoxy groups -OCH3 is 2. The Morgan fingerprint density at radius 3 is 2.54 bits per heavy atom. The summed E-state index contributed by atoms with van der Waals surface area (Å²) in [5.74, 6) is 0.220. The third-order valence-electron chi connectivity index (χ3n) is 6.50. The van der Waals surface area contributed by atoms with Gasteiger partial charge >= 0.3 is 5.97 Å². The number of halogens is 1. The molecule has 184 valence electrons. The summed E-state index contributed by atoms with van der Waals surface area (Å²) in [6.45, 7) is 6.21. The van der Waals surface area contributed by atoms with Gasteiger partial charge in [0.1, 0.15) is 18.1 Å². The largest absolute Gasteiger partial charge is 0.496 e. The van der Waals surface area contributed by atoms with Gasteiger partial charge in [0.2, 0.25) is 0 Å². The van der Waals surface area contributed by atoms with Crippen LogP contribution in [0.5, 0.6) is 11.5 Å². The fraction of sp³-hybridized carbons (Fsp3) is 0.357. The summed E-state index contributed by atoms with van der Waals surface area (Å²) in [4.78, 5) is 26.3. The van der Waals surface area contributed by atoms with E-state index >= 15 is 0 Å². The molecule has 2 aromatic rings. The Bertz CT molecular complexity index is 1240. The molecule has 1 aliphatic carbocycles. The lowest BCUT2D eigenvalue weighted by Crippen LogP contribution is -2.38. The van der Waals surface area contributed by atoms with Crippen molar-refractivity contribution in [1.29, 1.82) is 0 Å². The number of ether oxygens (including phenoxy) is 3. The molecule has 0 fully saturated rings. The molecule has 0 bridgehead atoms. The molecule has 2 aliphatic rings. The number of hydrogen-bond donors (Lipinski definition) is 1. The van der Waals surface area contributed by atoms with Crippen molar-refractivity contribution in [1.82, 2.24) is 5.32 Å². The Balaban J connectivity index is 1.80. The fourth-order valence-corrected chi connectivity index (χ4v) is 5.15. The van der Waals surface area contributed by atoms with Gasteiger partial charge in [-0.2, -0.15) is 0 Å². The normalized spacial score (nSPS) is 19.1. The molecule has 0 radical (unpaired) electrons. The summed E-state index contributed by atoms with van der Waals surface area (Å²) in [6, 6.07) is 12.9. The molecule has 1 unspecified atom stereocenters. The topological polar surface area (TPSA) is 73.9 Å². The maximum absolute atomic E-state index is 13.4. The summed E-state index contributed by atoms with van der Waals surface area (Å²) < 4.78 is 16.7. The van der Waals surface area contributed by atoms with E-state index in [1.54, 1.807) is 19.2 Å². The number of rotatable bonds is 6. The van der Waals surface area contributed by atoms with Gasteiger partial charge in [0.05, 0.1) is 24.8 Å². The van der Waals surface area contributed by atoms with Crippen LogP contribution in [0, 0.1) is 5.41 Å². The van der Waals surface area contributed by atoms with Crippen molar-refractivity contribution in [2.24, 2.45) is 5.41 Å². The molecular weight excluding hydrogens is 466 g/mol. The summed E-state index contributed by atoms with van der Waals surface area (Å²) in [7, 11) is 2.95. The average molecular weight is 496 g/mol. The van der Waals surface area contributed by atoms with E-state index in [9.17, 15) is 9.59 Å². The zero-order valence-electron chi connectivity index (χ0n) is 20.7. The van der Waals surface area contributed by atoms with Crippen molar-refractivity contribution in [2.45, 2.75) is 46.1 Å².